The van der Waals surface area contributed by atoms with Gasteiger partial charge in [-0.15, -0.1) is 0 Å². The third-order valence-electron chi connectivity index (χ3n) is 4.18. The summed E-state index contributed by atoms with van der Waals surface area (Å²) in [6.07, 6.45) is 0. The molecule has 3 rings (SSSR count). The van der Waals surface area contributed by atoms with Gasteiger partial charge >= 0.3 is 0 Å². The highest BCUT2D eigenvalue weighted by atomic mass is 19.2. The maximum absolute atomic E-state index is 13.3. The number of anilines is 1. The van der Waals surface area contributed by atoms with Crippen LogP contribution >= 0.6 is 0 Å². The standard InChI is InChI=1S/C18H19F2N3O/c19-16-5-4-14(11-17(16)20)18(24)23-8-6-22(7-9-23)12-13-2-1-3-15(21)10-13/h1-5,10-11H,6-9,12,21H2. The summed E-state index contributed by atoms with van der Waals surface area (Å²) < 4.78 is 26.3. The Morgan fingerprint density at radius 1 is 1.00 bits per heavy atom. The Bertz CT molecular complexity index is 743. The molecule has 0 radical (unpaired) electrons. The van der Waals surface area contributed by atoms with E-state index in [0.717, 1.165) is 43.0 Å². The number of amides is 1. The molecular weight excluding hydrogens is 312 g/mol. The minimum Gasteiger partial charge on any atom is -0.399 e. The van der Waals surface area contributed by atoms with Crippen LogP contribution in [0, 0.1) is 11.6 Å². The van der Waals surface area contributed by atoms with Crippen molar-refractivity contribution in [2.75, 3.05) is 31.9 Å². The predicted molar refractivity (Wildman–Crippen MR) is 88.4 cm³/mol. The number of piperazine rings is 1. The van der Waals surface area contributed by atoms with Gasteiger partial charge in [-0.25, -0.2) is 8.78 Å². The van der Waals surface area contributed by atoms with Crippen molar-refractivity contribution in [1.29, 1.82) is 0 Å². The van der Waals surface area contributed by atoms with Crippen molar-refractivity contribution >= 4 is 11.6 Å². The molecule has 0 bridgehead atoms. The molecule has 1 amide bonds. The van der Waals surface area contributed by atoms with E-state index in [1.807, 2.05) is 24.3 Å². The zero-order valence-electron chi connectivity index (χ0n) is 13.2. The van der Waals surface area contributed by atoms with E-state index < -0.39 is 11.6 Å². The first-order valence-electron chi connectivity index (χ1n) is 7.84. The quantitative estimate of drug-likeness (QED) is 0.879. The molecule has 24 heavy (non-hydrogen) atoms. The Kier molecular flexibility index (Phi) is 4.76. The second-order valence-corrected chi connectivity index (χ2v) is 5.94. The van der Waals surface area contributed by atoms with Crippen molar-refractivity contribution in [3.8, 4) is 0 Å². The number of carbonyl (C=O) groups excluding carboxylic acids is 1. The van der Waals surface area contributed by atoms with Gasteiger partial charge in [0.25, 0.3) is 5.91 Å². The molecule has 1 aliphatic heterocycles. The molecule has 1 aliphatic rings. The Morgan fingerprint density at radius 3 is 2.42 bits per heavy atom. The van der Waals surface area contributed by atoms with Gasteiger partial charge in [-0.05, 0) is 35.9 Å². The highest BCUT2D eigenvalue weighted by molar-refractivity contribution is 5.94. The van der Waals surface area contributed by atoms with Crippen LogP contribution in [-0.4, -0.2) is 41.9 Å². The summed E-state index contributed by atoms with van der Waals surface area (Å²) in [7, 11) is 0. The van der Waals surface area contributed by atoms with Crippen LogP contribution in [0.3, 0.4) is 0 Å². The third-order valence-corrected chi connectivity index (χ3v) is 4.18. The second kappa shape index (κ2) is 6.97. The molecule has 0 atom stereocenters. The van der Waals surface area contributed by atoms with Gasteiger partial charge in [-0.3, -0.25) is 9.69 Å². The zero-order valence-corrected chi connectivity index (χ0v) is 13.2. The minimum atomic E-state index is -0.999. The van der Waals surface area contributed by atoms with Crippen LogP contribution in [0.1, 0.15) is 15.9 Å². The first-order chi connectivity index (χ1) is 11.5. The fourth-order valence-corrected chi connectivity index (χ4v) is 2.87. The van der Waals surface area contributed by atoms with Gasteiger partial charge < -0.3 is 10.6 Å². The van der Waals surface area contributed by atoms with Crippen LogP contribution in [0.4, 0.5) is 14.5 Å². The maximum atomic E-state index is 13.3. The van der Waals surface area contributed by atoms with Gasteiger partial charge in [0.15, 0.2) is 11.6 Å². The van der Waals surface area contributed by atoms with E-state index >= 15 is 0 Å². The Hall–Kier alpha value is -2.47. The van der Waals surface area contributed by atoms with E-state index in [1.165, 1.54) is 6.07 Å². The topological polar surface area (TPSA) is 49.6 Å². The molecule has 2 aromatic rings. The number of nitrogens with two attached hydrogens (primary N) is 1. The number of nitrogen functional groups attached to an aromatic ring is 1. The van der Waals surface area contributed by atoms with Crippen molar-refractivity contribution < 1.29 is 13.6 Å². The van der Waals surface area contributed by atoms with Crippen LogP contribution in [0.15, 0.2) is 42.5 Å². The first-order valence-corrected chi connectivity index (χ1v) is 7.84. The number of halogens is 2. The molecule has 1 saturated heterocycles. The number of hydrogen-bond acceptors (Lipinski definition) is 3. The minimum absolute atomic E-state index is 0.179. The lowest BCUT2D eigenvalue weighted by Crippen LogP contribution is -2.48. The maximum Gasteiger partial charge on any atom is 0.254 e. The van der Waals surface area contributed by atoms with Gasteiger partial charge in [-0.1, -0.05) is 12.1 Å². The second-order valence-electron chi connectivity index (χ2n) is 5.94. The van der Waals surface area contributed by atoms with E-state index in [4.69, 9.17) is 5.73 Å². The van der Waals surface area contributed by atoms with Crippen molar-refractivity contribution in [1.82, 2.24) is 9.80 Å². The summed E-state index contributed by atoms with van der Waals surface area (Å²) >= 11 is 0. The predicted octanol–water partition coefficient (Wildman–Crippen LogP) is 2.51. The third kappa shape index (κ3) is 3.71. The largest absolute Gasteiger partial charge is 0.399 e. The van der Waals surface area contributed by atoms with Gasteiger partial charge in [0.1, 0.15) is 0 Å². The molecule has 4 nitrogen and oxygen atoms in total. The Labute approximate surface area is 139 Å². The lowest BCUT2D eigenvalue weighted by atomic mass is 10.1. The smallest absolute Gasteiger partial charge is 0.254 e. The lowest BCUT2D eigenvalue weighted by Gasteiger charge is -2.34. The molecule has 6 heteroatoms. The number of hydrogen-bond donors (Lipinski definition) is 1. The van der Waals surface area contributed by atoms with Crippen molar-refractivity contribution in [2.24, 2.45) is 0 Å². The molecule has 0 unspecified atom stereocenters. The number of benzene rings is 2. The summed E-state index contributed by atoms with van der Waals surface area (Å²) in [5, 5.41) is 0. The van der Waals surface area contributed by atoms with Gasteiger partial charge in [-0.2, -0.15) is 0 Å². The van der Waals surface area contributed by atoms with E-state index in [0.29, 0.717) is 13.1 Å². The fourth-order valence-electron chi connectivity index (χ4n) is 2.87. The number of carbonyl (C=O) groups is 1. The van der Waals surface area contributed by atoms with Crippen molar-refractivity contribution in [3.05, 3.63) is 65.2 Å². The molecule has 1 fully saturated rings. The summed E-state index contributed by atoms with van der Waals surface area (Å²) in [4.78, 5) is 16.3. The monoisotopic (exact) mass is 331 g/mol. The Morgan fingerprint density at radius 2 is 1.75 bits per heavy atom. The number of nitrogens with zero attached hydrogens (tertiary/aromatic N) is 2. The van der Waals surface area contributed by atoms with Crippen molar-refractivity contribution in [3.63, 3.8) is 0 Å². The summed E-state index contributed by atoms with van der Waals surface area (Å²) in [5.74, 6) is -2.21. The van der Waals surface area contributed by atoms with Crippen LogP contribution in [-0.2, 0) is 6.54 Å². The lowest BCUT2D eigenvalue weighted by molar-refractivity contribution is 0.0628. The normalized spacial score (nSPS) is 15.5. The average Bonchev–Trinajstić information content (AvgIpc) is 2.57. The van der Waals surface area contributed by atoms with Gasteiger partial charge in [0, 0.05) is 44.0 Å². The molecule has 1 heterocycles. The van der Waals surface area contributed by atoms with Gasteiger partial charge in [0.2, 0.25) is 0 Å². The van der Waals surface area contributed by atoms with Crippen LogP contribution in [0.25, 0.3) is 0 Å². The molecule has 0 spiro atoms. The summed E-state index contributed by atoms with van der Waals surface area (Å²) in [5.41, 5.74) is 7.83. The molecule has 126 valence electrons. The number of rotatable bonds is 3. The molecule has 0 aliphatic carbocycles. The van der Waals surface area contributed by atoms with E-state index in [9.17, 15) is 13.6 Å². The van der Waals surface area contributed by atoms with Crippen LogP contribution < -0.4 is 5.73 Å². The Balaban J connectivity index is 1.58. The van der Waals surface area contributed by atoms with Crippen molar-refractivity contribution in [2.45, 2.75) is 6.54 Å². The fraction of sp³-hybridized carbons (Fsp3) is 0.278. The molecular formula is C18H19F2N3O. The van der Waals surface area contributed by atoms with E-state index in [-0.39, 0.29) is 11.5 Å². The average molecular weight is 331 g/mol. The molecule has 2 aromatic carbocycles. The van der Waals surface area contributed by atoms with E-state index in [1.54, 1.807) is 4.90 Å². The van der Waals surface area contributed by atoms with Gasteiger partial charge in [0.05, 0.1) is 0 Å². The van der Waals surface area contributed by atoms with Crippen LogP contribution in [0.5, 0.6) is 0 Å². The highest BCUT2D eigenvalue weighted by Gasteiger charge is 2.22. The summed E-state index contributed by atoms with van der Waals surface area (Å²) in [6.45, 7) is 3.34. The molecule has 0 aromatic heterocycles. The van der Waals surface area contributed by atoms with E-state index in [2.05, 4.69) is 4.90 Å². The first kappa shape index (κ1) is 16.4. The summed E-state index contributed by atoms with van der Waals surface area (Å²) in [6, 6.07) is 11.0. The zero-order chi connectivity index (χ0) is 17.1. The molecule has 2 N–H and O–H groups in total. The molecule has 0 saturated carbocycles. The highest BCUT2D eigenvalue weighted by Crippen LogP contribution is 2.15. The van der Waals surface area contributed by atoms with Crippen LogP contribution in [0.2, 0.25) is 0 Å². The SMILES string of the molecule is Nc1cccc(CN2CCN(C(=O)c3ccc(F)c(F)c3)CC2)c1.